The van der Waals surface area contributed by atoms with Crippen LogP contribution in [0.25, 0.3) is 0 Å². The molecule has 3 aliphatic rings. The van der Waals surface area contributed by atoms with Gasteiger partial charge in [0.25, 0.3) is 0 Å². The van der Waals surface area contributed by atoms with Gasteiger partial charge in [-0.15, -0.1) is 0 Å². The largest absolute Gasteiger partial charge is 0.395 e. The summed E-state index contributed by atoms with van der Waals surface area (Å²) in [6.45, 7) is 2.02. The third kappa shape index (κ3) is 4.35. The molecule has 2 aromatic rings. The van der Waals surface area contributed by atoms with Crippen LogP contribution in [0.1, 0.15) is 19.8 Å². The molecule has 6 nitrogen and oxygen atoms in total. The van der Waals surface area contributed by atoms with Crippen LogP contribution < -0.4 is 10.4 Å². The Balaban J connectivity index is 1.45. The van der Waals surface area contributed by atoms with E-state index in [0.717, 1.165) is 29.8 Å². The Morgan fingerprint density at radius 3 is 2.67 bits per heavy atom. The number of sulfonamides is 1. The molecule has 5 rings (SSSR count). The van der Waals surface area contributed by atoms with Gasteiger partial charge in [0, 0.05) is 30.8 Å². The molecule has 0 unspecified atom stereocenters. The number of nitrogens with one attached hydrogen (secondary N) is 1. The maximum Gasteiger partial charge on any atom is 0.244 e. The summed E-state index contributed by atoms with van der Waals surface area (Å²) in [6, 6.07) is 10.8. The van der Waals surface area contributed by atoms with Crippen molar-refractivity contribution >= 4 is 38.9 Å². The zero-order valence-corrected chi connectivity index (χ0v) is 21.9. The first-order valence-electron chi connectivity index (χ1n) is 11.7. The van der Waals surface area contributed by atoms with Crippen LogP contribution in [0.15, 0.2) is 82.1 Å². The van der Waals surface area contributed by atoms with Crippen molar-refractivity contribution in [2.24, 2.45) is 11.8 Å². The molecule has 36 heavy (non-hydrogen) atoms. The molecule has 0 aromatic heterocycles. The standard InChI is InChI=1S/C26H26Cl2FN3O3S/c1-16-21-14-30-32(20-9-7-19(29)8-10-20)23(21)13-17-5-6-18(25(16)17)15-31(11-12-33)36(34,35)24-4-2-3-22(27)26(24)28/h2-4,7-10,13-14,16,18,30,33H,5-6,11-12,15H2,1H3/t16-,18+/m0/s1. The van der Waals surface area contributed by atoms with E-state index >= 15 is 0 Å². The number of hydrogen-bond donors (Lipinski definition) is 2. The van der Waals surface area contributed by atoms with Gasteiger partial charge in [-0.1, -0.05) is 41.8 Å². The normalized spacial score (nSPS) is 21.3. The number of hydrogen-bond acceptors (Lipinski definition) is 5. The topological polar surface area (TPSA) is 72.9 Å². The second-order valence-electron chi connectivity index (χ2n) is 9.15. The molecule has 2 aromatic carbocycles. The minimum absolute atomic E-state index is 0.00661. The molecule has 0 saturated heterocycles. The fourth-order valence-electron chi connectivity index (χ4n) is 5.40. The van der Waals surface area contributed by atoms with Crippen molar-refractivity contribution in [2.45, 2.75) is 24.7 Å². The first-order valence-corrected chi connectivity index (χ1v) is 13.9. The van der Waals surface area contributed by atoms with Crippen molar-refractivity contribution < 1.29 is 17.9 Å². The minimum Gasteiger partial charge on any atom is -0.395 e. The quantitative estimate of drug-likeness (QED) is 0.492. The number of fused-ring (bicyclic) bond motifs is 1. The van der Waals surface area contributed by atoms with E-state index in [4.69, 9.17) is 23.2 Å². The van der Waals surface area contributed by atoms with Crippen LogP contribution in [0.5, 0.6) is 0 Å². The van der Waals surface area contributed by atoms with Crippen molar-refractivity contribution in [2.75, 3.05) is 24.7 Å². The number of halogens is 3. The highest BCUT2D eigenvalue weighted by atomic mass is 35.5. The molecule has 2 atom stereocenters. The van der Waals surface area contributed by atoms with Crippen LogP contribution >= 0.6 is 23.2 Å². The zero-order chi connectivity index (χ0) is 25.6. The van der Waals surface area contributed by atoms with E-state index in [9.17, 15) is 17.9 Å². The van der Waals surface area contributed by atoms with E-state index in [0.29, 0.717) is 0 Å². The lowest BCUT2D eigenvalue weighted by molar-refractivity contribution is 0.243. The molecular weight excluding hydrogens is 524 g/mol. The number of allylic oxidation sites excluding steroid dienone is 3. The van der Waals surface area contributed by atoms with E-state index in [-0.39, 0.29) is 52.3 Å². The fourth-order valence-corrected chi connectivity index (χ4v) is 7.61. The van der Waals surface area contributed by atoms with Crippen LogP contribution in [0.4, 0.5) is 10.1 Å². The highest BCUT2D eigenvalue weighted by Gasteiger charge is 2.40. The van der Waals surface area contributed by atoms with E-state index in [2.05, 4.69) is 18.4 Å². The molecular formula is C26H26Cl2FN3O3S. The van der Waals surface area contributed by atoms with Crippen molar-refractivity contribution in [3.05, 3.63) is 93.0 Å². The Hall–Kier alpha value is -2.36. The molecule has 10 heteroatoms. The van der Waals surface area contributed by atoms with E-state index in [1.807, 2.05) is 11.2 Å². The Labute approximate surface area is 220 Å². The monoisotopic (exact) mass is 549 g/mol. The summed E-state index contributed by atoms with van der Waals surface area (Å²) in [4.78, 5) is -0.0613. The number of rotatable bonds is 7. The van der Waals surface area contributed by atoms with Crippen LogP contribution in [0, 0.1) is 17.7 Å². The summed E-state index contributed by atoms with van der Waals surface area (Å²) in [5, 5.41) is 11.8. The second-order valence-corrected chi connectivity index (χ2v) is 11.8. The van der Waals surface area contributed by atoms with Gasteiger partial charge >= 0.3 is 0 Å². The molecule has 1 heterocycles. The molecule has 190 valence electrons. The molecule has 2 N–H and O–H groups in total. The van der Waals surface area contributed by atoms with Gasteiger partial charge in [-0.2, -0.15) is 4.31 Å². The average molecular weight is 550 g/mol. The molecule has 0 saturated carbocycles. The van der Waals surface area contributed by atoms with Gasteiger partial charge in [0.1, 0.15) is 10.7 Å². The van der Waals surface area contributed by atoms with Crippen molar-refractivity contribution in [3.8, 4) is 0 Å². The number of anilines is 1. The molecule has 2 aliphatic carbocycles. The highest BCUT2D eigenvalue weighted by Crippen LogP contribution is 2.48. The first kappa shape index (κ1) is 25.3. The maximum absolute atomic E-state index is 13.5. The van der Waals surface area contributed by atoms with Crippen molar-refractivity contribution in [1.82, 2.24) is 9.73 Å². The number of aliphatic hydroxyl groups excluding tert-OH is 1. The summed E-state index contributed by atoms with van der Waals surface area (Å²) < 4.78 is 41.8. The third-order valence-electron chi connectivity index (χ3n) is 7.09. The van der Waals surface area contributed by atoms with Gasteiger partial charge < -0.3 is 10.5 Å². The second kappa shape index (κ2) is 9.84. The van der Waals surface area contributed by atoms with Crippen LogP contribution in [0.3, 0.4) is 0 Å². The minimum atomic E-state index is -3.97. The smallest absolute Gasteiger partial charge is 0.244 e. The summed E-state index contributed by atoms with van der Waals surface area (Å²) in [5.41, 5.74) is 8.62. The molecule has 0 amide bonds. The Morgan fingerprint density at radius 2 is 1.94 bits per heavy atom. The number of aliphatic hydroxyl groups is 1. The lowest BCUT2D eigenvalue weighted by Crippen LogP contribution is -2.38. The third-order valence-corrected chi connectivity index (χ3v) is 9.93. The van der Waals surface area contributed by atoms with Gasteiger partial charge in [0.15, 0.2) is 0 Å². The lowest BCUT2D eigenvalue weighted by atomic mass is 9.80. The van der Waals surface area contributed by atoms with E-state index in [1.165, 1.54) is 33.7 Å². The maximum atomic E-state index is 13.5. The summed E-state index contributed by atoms with van der Waals surface area (Å²) in [6.07, 6.45) is 5.72. The highest BCUT2D eigenvalue weighted by molar-refractivity contribution is 7.89. The molecule has 0 fully saturated rings. The van der Waals surface area contributed by atoms with E-state index in [1.54, 1.807) is 24.3 Å². The first-order chi connectivity index (χ1) is 17.2. The fraction of sp³-hybridized carbons (Fsp3) is 0.308. The van der Waals surface area contributed by atoms with Gasteiger partial charge in [-0.25, -0.2) is 12.8 Å². The molecule has 0 spiro atoms. The van der Waals surface area contributed by atoms with Crippen LogP contribution in [0.2, 0.25) is 10.0 Å². The Morgan fingerprint density at radius 1 is 1.19 bits per heavy atom. The number of benzene rings is 2. The van der Waals surface area contributed by atoms with Crippen LogP contribution in [-0.4, -0.2) is 37.5 Å². The summed E-state index contributed by atoms with van der Waals surface area (Å²) in [5.74, 6) is -0.228. The number of nitrogens with zero attached hydrogens (tertiary/aromatic N) is 2. The molecule has 0 bridgehead atoms. The van der Waals surface area contributed by atoms with Gasteiger partial charge in [0.2, 0.25) is 10.0 Å². The zero-order valence-electron chi connectivity index (χ0n) is 19.6. The predicted molar refractivity (Wildman–Crippen MR) is 139 cm³/mol. The lowest BCUT2D eigenvalue weighted by Gasteiger charge is -2.32. The molecule has 0 radical (unpaired) electrons. The summed E-state index contributed by atoms with van der Waals surface area (Å²) in [7, 11) is -3.97. The van der Waals surface area contributed by atoms with Gasteiger partial charge in [-0.05, 0) is 66.8 Å². The van der Waals surface area contributed by atoms with Crippen molar-refractivity contribution in [1.29, 1.82) is 0 Å². The Bertz CT molecular complexity index is 1390. The van der Waals surface area contributed by atoms with Gasteiger partial charge in [0.05, 0.1) is 28.0 Å². The Kier molecular flexibility index (Phi) is 6.91. The SMILES string of the molecule is C[C@H]1C2=CNN(c3ccc(F)cc3)C2=CC2=C1[C@@H](CN(CCO)S(=O)(=O)c1cccc(Cl)c1Cl)CC2. The average Bonchev–Trinajstić information content (AvgIpc) is 3.46. The predicted octanol–water partition coefficient (Wildman–Crippen LogP) is 5.26. The van der Waals surface area contributed by atoms with Crippen LogP contribution in [-0.2, 0) is 10.0 Å². The van der Waals surface area contributed by atoms with E-state index < -0.39 is 10.0 Å². The summed E-state index contributed by atoms with van der Waals surface area (Å²) >= 11 is 12.3. The molecule has 1 aliphatic heterocycles. The van der Waals surface area contributed by atoms with Gasteiger partial charge in [-0.3, -0.25) is 5.01 Å². The van der Waals surface area contributed by atoms with Crippen molar-refractivity contribution in [3.63, 3.8) is 0 Å². The number of hydrazine groups is 1.